The summed E-state index contributed by atoms with van der Waals surface area (Å²) in [4.78, 5) is 7.70. The molecule has 2 aromatic heterocycles. The van der Waals surface area contributed by atoms with Crippen LogP contribution in [0.15, 0.2) is 66.9 Å². The molecule has 0 unspecified atom stereocenters. The molecule has 0 bridgehead atoms. The van der Waals surface area contributed by atoms with Crippen molar-refractivity contribution in [3.05, 3.63) is 89.2 Å². The fourth-order valence-electron chi connectivity index (χ4n) is 3.38. The minimum Gasteiger partial charge on any atom is -0.508 e. The lowest BCUT2D eigenvalue weighted by Gasteiger charge is -2.18. The van der Waals surface area contributed by atoms with Crippen LogP contribution in [0, 0.1) is 13.8 Å². The number of pyridine rings is 2. The number of phenolic OH excluding ortho intramolecular Hbond substituents is 2. The topological polar surface area (TPSA) is 79.5 Å². The second-order valence-corrected chi connectivity index (χ2v) is 6.98. The molecule has 5 heteroatoms. The predicted molar refractivity (Wildman–Crippen MR) is 109 cm³/mol. The lowest BCUT2D eigenvalue weighted by molar-refractivity contribution is -0.361. The highest BCUT2D eigenvalue weighted by atomic mass is 16.3. The molecule has 0 fully saturated rings. The zero-order valence-electron chi connectivity index (χ0n) is 15.8. The molecule has 1 atom stereocenters. The van der Waals surface area contributed by atoms with E-state index < -0.39 is 0 Å². The first-order chi connectivity index (χ1) is 13.5. The third kappa shape index (κ3) is 3.47. The van der Waals surface area contributed by atoms with Crippen LogP contribution < -0.4 is 10.3 Å². The first-order valence-electron chi connectivity index (χ1n) is 9.14. The minimum absolute atomic E-state index is 0.134. The van der Waals surface area contributed by atoms with Crippen molar-refractivity contribution in [1.82, 2.24) is 4.98 Å². The van der Waals surface area contributed by atoms with Crippen LogP contribution in [0.5, 0.6) is 11.5 Å². The van der Waals surface area contributed by atoms with E-state index in [1.807, 2.05) is 62.5 Å². The van der Waals surface area contributed by atoms with Crippen molar-refractivity contribution in [3.8, 4) is 11.5 Å². The average molecular weight is 372 g/mol. The van der Waals surface area contributed by atoms with Crippen molar-refractivity contribution < 1.29 is 15.2 Å². The number of aromatic nitrogens is 2. The summed E-state index contributed by atoms with van der Waals surface area (Å²) in [6.45, 7) is 3.92. The Balaban J connectivity index is 1.87. The fraction of sp³-hybridized carbons (Fsp3) is 0.130. The molecule has 28 heavy (non-hydrogen) atoms. The number of hydrogen-bond donors (Lipinski definition) is 3. The molecular formula is C23H22N3O2+. The van der Waals surface area contributed by atoms with Gasteiger partial charge in [0.1, 0.15) is 23.1 Å². The van der Waals surface area contributed by atoms with Crippen molar-refractivity contribution in [2.45, 2.75) is 19.9 Å². The second kappa shape index (κ2) is 7.19. The summed E-state index contributed by atoms with van der Waals surface area (Å²) in [7, 11) is 0. The molecular weight excluding hydrogens is 350 g/mol. The molecule has 0 aliphatic carbocycles. The minimum atomic E-state index is -0.378. The van der Waals surface area contributed by atoms with Gasteiger partial charge in [0.15, 0.2) is 0 Å². The van der Waals surface area contributed by atoms with E-state index in [2.05, 4.69) is 15.3 Å². The summed E-state index contributed by atoms with van der Waals surface area (Å²) in [6.07, 6.45) is 1.86. The van der Waals surface area contributed by atoms with Gasteiger partial charge in [-0.2, -0.15) is 0 Å². The lowest BCUT2D eigenvalue weighted by Crippen LogP contribution is -2.19. The Morgan fingerprint density at radius 2 is 1.79 bits per heavy atom. The zero-order valence-corrected chi connectivity index (χ0v) is 15.8. The van der Waals surface area contributed by atoms with Crippen LogP contribution in [0.1, 0.15) is 28.4 Å². The van der Waals surface area contributed by atoms with Gasteiger partial charge in [0.2, 0.25) is 0 Å². The molecule has 4 aromatic rings. The van der Waals surface area contributed by atoms with Crippen molar-refractivity contribution in [3.63, 3.8) is 0 Å². The van der Waals surface area contributed by atoms with Gasteiger partial charge in [-0.05, 0) is 49.7 Å². The molecule has 5 nitrogen and oxygen atoms in total. The van der Waals surface area contributed by atoms with Gasteiger partial charge >= 0.3 is 0 Å². The Labute approximate surface area is 163 Å². The SMILES string of the molecule is Cc1cc[nH+]c(N[C@H](c2cccc(O)c2)c2ccc3ccc(C)nc3c2O)c1. The molecule has 2 heterocycles. The normalized spacial score (nSPS) is 12.1. The number of fused-ring (bicyclic) bond motifs is 1. The zero-order chi connectivity index (χ0) is 19.7. The maximum absolute atomic E-state index is 11.0. The van der Waals surface area contributed by atoms with Crippen molar-refractivity contribution >= 4 is 16.7 Å². The van der Waals surface area contributed by atoms with Gasteiger partial charge in [0, 0.05) is 28.3 Å². The third-order valence-electron chi connectivity index (χ3n) is 4.78. The molecule has 4 N–H and O–H groups in total. The second-order valence-electron chi connectivity index (χ2n) is 6.98. The van der Waals surface area contributed by atoms with E-state index >= 15 is 0 Å². The fourth-order valence-corrected chi connectivity index (χ4v) is 3.38. The number of benzene rings is 2. The van der Waals surface area contributed by atoms with E-state index in [9.17, 15) is 10.2 Å². The molecule has 4 rings (SSSR count). The number of phenols is 2. The summed E-state index contributed by atoms with van der Waals surface area (Å²) >= 11 is 0. The third-order valence-corrected chi connectivity index (χ3v) is 4.78. The van der Waals surface area contributed by atoms with Crippen LogP contribution in [-0.4, -0.2) is 15.2 Å². The van der Waals surface area contributed by atoms with E-state index in [0.29, 0.717) is 11.1 Å². The maximum atomic E-state index is 11.0. The summed E-state index contributed by atoms with van der Waals surface area (Å²) in [5, 5.41) is 25.3. The number of nitrogens with zero attached hydrogens (tertiary/aromatic N) is 1. The summed E-state index contributed by atoms with van der Waals surface area (Å²) < 4.78 is 0. The Bertz CT molecular complexity index is 1160. The van der Waals surface area contributed by atoms with Crippen LogP contribution in [0.2, 0.25) is 0 Å². The van der Waals surface area contributed by atoms with Crippen molar-refractivity contribution in [2.24, 2.45) is 0 Å². The van der Waals surface area contributed by atoms with Gasteiger partial charge in [-0.3, -0.25) is 5.32 Å². The number of nitrogens with one attached hydrogen (secondary N) is 2. The van der Waals surface area contributed by atoms with Gasteiger partial charge in [0.05, 0.1) is 6.20 Å². The average Bonchev–Trinajstić information content (AvgIpc) is 2.67. The van der Waals surface area contributed by atoms with Gasteiger partial charge in [-0.15, -0.1) is 0 Å². The van der Waals surface area contributed by atoms with Crippen LogP contribution >= 0.6 is 0 Å². The number of aromatic amines is 1. The van der Waals surface area contributed by atoms with Crippen LogP contribution in [0.3, 0.4) is 0 Å². The highest BCUT2D eigenvalue weighted by Crippen LogP contribution is 2.36. The number of anilines is 1. The van der Waals surface area contributed by atoms with Gasteiger partial charge < -0.3 is 10.2 Å². The largest absolute Gasteiger partial charge is 0.508 e. The quantitative estimate of drug-likeness (QED) is 0.500. The highest BCUT2D eigenvalue weighted by molar-refractivity contribution is 5.86. The Kier molecular flexibility index (Phi) is 4.57. The molecule has 0 radical (unpaired) electrons. The summed E-state index contributed by atoms with van der Waals surface area (Å²) in [5.74, 6) is 1.12. The summed E-state index contributed by atoms with van der Waals surface area (Å²) in [6, 6.07) is 18.4. The lowest BCUT2D eigenvalue weighted by atomic mass is 9.96. The first-order valence-corrected chi connectivity index (χ1v) is 9.14. The first kappa shape index (κ1) is 17.8. The van der Waals surface area contributed by atoms with Crippen LogP contribution in [0.4, 0.5) is 5.82 Å². The molecule has 0 saturated carbocycles. The van der Waals surface area contributed by atoms with Crippen LogP contribution in [-0.2, 0) is 0 Å². The van der Waals surface area contributed by atoms with Crippen LogP contribution in [0.25, 0.3) is 10.9 Å². The highest BCUT2D eigenvalue weighted by Gasteiger charge is 2.24. The molecule has 0 aliphatic heterocycles. The molecule has 0 saturated heterocycles. The van der Waals surface area contributed by atoms with E-state index in [-0.39, 0.29) is 17.5 Å². The molecule has 0 amide bonds. The van der Waals surface area contributed by atoms with Crippen molar-refractivity contribution in [2.75, 3.05) is 5.32 Å². The van der Waals surface area contributed by atoms with E-state index in [0.717, 1.165) is 28.0 Å². The molecule has 0 aliphatic rings. The standard InChI is InChI=1S/C23H21N3O2/c1-14-10-11-24-20(12-14)26-21(17-4-3-5-18(27)13-17)19-9-8-16-7-6-15(2)25-22(16)23(19)28/h3-13,21,27-28H,1-2H3,(H,24,26)/p+1/t21-/m1/s1. The predicted octanol–water partition coefficient (Wildman–Crippen LogP) is 4.28. The smallest absolute Gasteiger partial charge is 0.273 e. The monoisotopic (exact) mass is 372 g/mol. The number of H-pyrrole nitrogens is 1. The van der Waals surface area contributed by atoms with Gasteiger partial charge in [0.25, 0.3) is 5.82 Å². The van der Waals surface area contributed by atoms with E-state index in [1.165, 1.54) is 0 Å². The number of rotatable bonds is 4. The Hall–Kier alpha value is -3.60. The molecule has 0 spiro atoms. The molecule has 2 aromatic carbocycles. The van der Waals surface area contributed by atoms with E-state index in [1.54, 1.807) is 18.2 Å². The summed E-state index contributed by atoms with van der Waals surface area (Å²) in [5.41, 5.74) is 4.03. The van der Waals surface area contributed by atoms with Crippen molar-refractivity contribution in [1.29, 1.82) is 0 Å². The maximum Gasteiger partial charge on any atom is 0.273 e. The number of aryl methyl sites for hydroxylation is 2. The van der Waals surface area contributed by atoms with Gasteiger partial charge in [-0.25, -0.2) is 9.97 Å². The Morgan fingerprint density at radius 3 is 2.57 bits per heavy atom. The van der Waals surface area contributed by atoms with E-state index in [4.69, 9.17) is 0 Å². The number of hydrogen-bond acceptors (Lipinski definition) is 4. The Morgan fingerprint density at radius 1 is 0.964 bits per heavy atom. The molecule has 140 valence electrons. The number of aromatic hydroxyl groups is 2. The van der Waals surface area contributed by atoms with Gasteiger partial charge in [-0.1, -0.05) is 24.3 Å².